The lowest BCUT2D eigenvalue weighted by atomic mass is 10.1. The number of hydrogen-bond acceptors (Lipinski definition) is 2. The molecule has 0 radical (unpaired) electrons. The lowest BCUT2D eigenvalue weighted by Gasteiger charge is -2.02. The van der Waals surface area contributed by atoms with Crippen molar-refractivity contribution in [1.29, 1.82) is 0 Å². The predicted molar refractivity (Wildman–Crippen MR) is 39.4 cm³/mol. The Morgan fingerprint density at radius 1 is 1.70 bits per heavy atom. The second-order valence-corrected chi connectivity index (χ2v) is 2.66. The fraction of sp³-hybridized carbons (Fsp3) is 0.571. The third kappa shape index (κ3) is 5.15. The molecule has 0 aromatic rings. The maximum atomic E-state index is 10.0. The van der Waals surface area contributed by atoms with Crippen LogP contribution in [0.2, 0.25) is 0 Å². The van der Waals surface area contributed by atoms with E-state index in [0.717, 1.165) is 6.08 Å². The van der Waals surface area contributed by atoms with E-state index in [4.69, 9.17) is 10.8 Å². The van der Waals surface area contributed by atoms with Crippen LogP contribution in [0.4, 0.5) is 0 Å². The van der Waals surface area contributed by atoms with Crippen molar-refractivity contribution < 1.29 is 9.90 Å². The third-order valence-corrected chi connectivity index (χ3v) is 0.953. The van der Waals surface area contributed by atoms with Crippen molar-refractivity contribution in [3.05, 3.63) is 11.8 Å². The highest BCUT2D eigenvalue weighted by Gasteiger charge is 1.97. The van der Waals surface area contributed by atoms with Gasteiger partial charge in [0.05, 0.1) is 0 Å². The molecule has 0 aromatic heterocycles. The number of hydrogen-bond donors (Lipinski definition) is 2. The van der Waals surface area contributed by atoms with Crippen LogP contribution in [0.1, 0.15) is 20.3 Å². The lowest BCUT2D eigenvalue weighted by molar-refractivity contribution is -0.131. The van der Waals surface area contributed by atoms with Crippen molar-refractivity contribution in [2.75, 3.05) is 0 Å². The lowest BCUT2D eigenvalue weighted by Crippen LogP contribution is -2.04. The average Bonchev–Trinajstić information content (AvgIpc) is 1.58. The van der Waals surface area contributed by atoms with E-state index in [1.807, 2.05) is 13.8 Å². The molecule has 0 aliphatic carbocycles. The maximum absolute atomic E-state index is 10.0. The van der Waals surface area contributed by atoms with Gasteiger partial charge in [0, 0.05) is 11.8 Å². The first-order chi connectivity index (χ1) is 4.52. The summed E-state index contributed by atoms with van der Waals surface area (Å²) in [5.74, 6) is -0.561. The van der Waals surface area contributed by atoms with Gasteiger partial charge in [-0.3, -0.25) is 0 Å². The van der Waals surface area contributed by atoms with E-state index in [2.05, 4.69) is 0 Å². The van der Waals surface area contributed by atoms with Crippen LogP contribution in [-0.4, -0.2) is 11.1 Å². The summed E-state index contributed by atoms with van der Waals surface area (Å²) in [4.78, 5) is 10.0. The highest BCUT2D eigenvalue weighted by Crippen LogP contribution is 2.04. The van der Waals surface area contributed by atoms with E-state index in [-0.39, 0.29) is 0 Å². The van der Waals surface area contributed by atoms with Crippen LogP contribution >= 0.6 is 0 Å². The molecular weight excluding hydrogens is 130 g/mol. The summed E-state index contributed by atoms with van der Waals surface area (Å²) in [5.41, 5.74) is 5.79. The van der Waals surface area contributed by atoms with Gasteiger partial charge in [0.25, 0.3) is 0 Å². The van der Waals surface area contributed by atoms with E-state index in [1.165, 1.54) is 0 Å². The number of carboxylic acids is 1. The van der Waals surface area contributed by atoms with Gasteiger partial charge < -0.3 is 10.8 Å². The molecule has 3 nitrogen and oxygen atoms in total. The largest absolute Gasteiger partial charge is 0.478 e. The van der Waals surface area contributed by atoms with Crippen LogP contribution in [0, 0.1) is 5.92 Å². The Morgan fingerprint density at radius 2 is 2.20 bits per heavy atom. The molecule has 0 bridgehead atoms. The SMILES string of the molecule is CC(C)CC(N)=CC(=O)O. The Balaban J connectivity index is 3.83. The van der Waals surface area contributed by atoms with Gasteiger partial charge in [-0.05, 0) is 12.3 Å². The molecular formula is C7H13NO2. The second-order valence-electron chi connectivity index (χ2n) is 2.66. The second kappa shape index (κ2) is 3.93. The van der Waals surface area contributed by atoms with Gasteiger partial charge in [-0.25, -0.2) is 4.79 Å². The first kappa shape index (κ1) is 9.01. The van der Waals surface area contributed by atoms with E-state index >= 15 is 0 Å². The fourth-order valence-corrected chi connectivity index (χ4v) is 0.689. The summed E-state index contributed by atoms with van der Waals surface area (Å²) in [6.07, 6.45) is 1.69. The number of carbonyl (C=O) groups is 1. The van der Waals surface area contributed by atoms with E-state index in [9.17, 15) is 4.79 Å². The molecule has 0 amide bonds. The highest BCUT2D eigenvalue weighted by molar-refractivity contribution is 5.80. The van der Waals surface area contributed by atoms with Crippen LogP contribution < -0.4 is 5.73 Å². The molecule has 0 saturated carbocycles. The summed E-state index contributed by atoms with van der Waals surface area (Å²) in [7, 11) is 0. The van der Waals surface area contributed by atoms with Crippen molar-refractivity contribution in [3.63, 3.8) is 0 Å². The van der Waals surface area contributed by atoms with Crippen LogP contribution in [-0.2, 0) is 4.79 Å². The van der Waals surface area contributed by atoms with E-state index < -0.39 is 5.97 Å². The zero-order valence-electron chi connectivity index (χ0n) is 6.29. The minimum atomic E-state index is -0.974. The van der Waals surface area contributed by atoms with Crippen LogP contribution in [0.25, 0.3) is 0 Å². The molecule has 0 spiro atoms. The topological polar surface area (TPSA) is 63.3 Å². The first-order valence-corrected chi connectivity index (χ1v) is 3.21. The van der Waals surface area contributed by atoms with Crippen LogP contribution in [0.15, 0.2) is 11.8 Å². The zero-order valence-corrected chi connectivity index (χ0v) is 6.29. The summed E-state index contributed by atoms with van der Waals surface area (Å²) in [6, 6.07) is 0. The zero-order chi connectivity index (χ0) is 8.15. The van der Waals surface area contributed by atoms with Gasteiger partial charge in [-0.1, -0.05) is 13.8 Å². The molecule has 0 aliphatic heterocycles. The normalized spacial score (nSPS) is 12.1. The average molecular weight is 143 g/mol. The predicted octanol–water partition coefficient (Wildman–Crippen LogP) is 0.960. The number of carboxylic acid groups (broad SMARTS) is 1. The van der Waals surface area contributed by atoms with Crippen molar-refractivity contribution in [2.24, 2.45) is 11.7 Å². The molecule has 58 valence electrons. The van der Waals surface area contributed by atoms with Crippen LogP contribution in [0.5, 0.6) is 0 Å². The van der Waals surface area contributed by atoms with Crippen molar-refractivity contribution in [1.82, 2.24) is 0 Å². The quantitative estimate of drug-likeness (QED) is 0.578. The van der Waals surface area contributed by atoms with E-state index in [1.54, 1.807) is 0 Å². The highest BCUT2D eigenvalue weighted by atomic mass is 16.4. The van der Waals surface area contributed by atoms with Crippen molar-refractivity contribution in [3.8, 4) is 0 Å². The molecule has 0 atom stereocenters. The Bertz CT molecular complexity index is 150. The van der Waals surface area contributed by atoms with E-state index in [0.29, 0.717) is 18.0 Å². The summed E-state index contributed by atoms with van der Waals surface area (Å²) in [5, 5.41) is 8.24. The monoisotopic (exact) mass is 143 g/mol. The van der Waals surface area contributed by atoms with Gasteiger partial charge in [-0.2, -0.15) is 0 Å². The van der Waals surface area contributed by atoms with Crippen molar-refractivity contribution >= 4 is 5.97 Å². The molecule has 0 rings (SSSR count). The molecule has 0 heterocycles. The number of nitrogens with two attached hydrogens (primary N) is 1. The molecule has 10 heavy (non-hydrogen) atoms. The number of allylic oxidation sites excluding steroid dienone is 1. The molecule has 0 unspecified atom stereocenters. The molecule has 0 aromatic carbocycles. The summed E-state index contributed by atoms with van der Waals surface area (Å²) >= 11 is 0. The number of rotatable bonds is 3. The molecule has 0 fully saturated rings. The molecule has 3 N–H and O–H groups in total. The maximum Gasteiger partial charge on any atom is 0.330 e. The summed E-state index contributed by atoms with van der Waals surface area (Å²) < 4.78 is 0. The van der Waals surface area contributed by atoms with Crippen molar-refractivity contribution in [2.45, 2.75) is 20.3 Å². The van der Waals surface area contributed by atoms with Gasteiger partial charge >= 0.3 is 5.97 Å². The third-order valence-electron chi connectivity index (χ3n) is 0.953. The number of aliphatic carboxylic acids is 1. The minimum Gasteiger partial charge on any atom is -0.478 e. The minimum absolute atomic E-state index is 0.413. The standard InChI is InChI=1S/C7H13NO2/c1-5(2)3-6(8)4-7(9)10/h4-5H,3,8H2,1-2H3,(H,9,10). The summed E-state index contributed by atoms with van der Waals surface area (Å²) in [6.45, 7) is 3.98. The molecule has 0 aliphatic rings. The van der Waals surface area contributed by atoms with Crippen LogP contribution in [0.3, 0.4) is 0 Å². The Labute approximate surface area is 60.5 Å². The van der Waals surface area contributed by atoms with Gasteiger partial charge in [-0.15, -0.1) is 0 Å². The fourth-order valence-electron chi connectivity index (χ4n) is 0.689. The van der Waals surface area contributed by atoms with Gasteiger partial charge in [0.2, 0.25) is 0 Å². The first-order valence-electron chi connectivity index (χ1n) is 3.21. The Kier molecular flexibility index (Phi) is 3.54. The Morgan fingerprint density at radius 3 is 2.50 bits per heavy atom. The molecule has 3 heteroatoms. The Hall–Kier alpha value is -0.990. The molecule has 0 saturated heterocycles. The van der Waals surface area contributed by atoms with Gasteiger partial charge in [0.15, 0.2) is 0 Å². The van der Waals surface area contributed by atoms with Gasteiger partial charge in [0.1, 0.15) is 0 Å². The smallest absolute Gasteiger partial charge is 0.330 e.